The Kier molecular flexibility index (Phi) is 3.38. The van der Waals surface area contributed by atoms with E-state index in [0.29, 0.717) is 6.54 Å². The van der Waals surface area contributed by atoms with Gasteiger partial charge in [0.15, 0.2) is 0 Å². The van der Waals surface area contributed by atoms with Crippen LogP contribution >= 0.6 is 0 Å². The molecule has 2 aliphatic rings. The second kappa shape index (κ2) is 4.64. The highest BCUT2D eigenvalue weighted by atomic mass is 16.4. The molecule has 5 heteroatoms. The van der Waals surface area contributed by atoms with Crippen LogP contribution < -0.4 is 0 Å². The molecule has 1 N–H and O–H groups in total. The highest BCUT2D eigenvalue weighted by molar-refractivity contribution is 5.83. The molecular weight excluding hydrogens is 220 g/mol. The highest BCUT2D eigenvalue weighted by Crippen LogP contribution is 2.39. The first-order chi connectivity index (χ1) is 8.03. The van der Waals surface area contributed by atoms with Gasteiger partial charge in [0.25, 0.3) is 0 Å². The Bertz CT molecular complexity index is 332. The summed E-state index contributed by atoms with van der Waals surface area (Å²) in [5.41, 5.74) is -0.217. The first kappa shape index (κ1) is 12.4. The second-order valence-electron chi connectivity index (χ2n) is 5.28. The van der Waals surface area contributed by atoms with Crippen molar-refractivity contribution in [2.24, 2.45) is 5.41 Å². The molecule has 0 radical (unpaired) electrons. The lowest BCUT2D eigenvalue weighted by Gasteiger charge is -2.37. The lowest BCUT2D eigenvalue weighted by atomic mass is 9.78. The van der Waals surface area contributed by atoms with Gasteiger partial charge >= 0.3 is 5.97 Å². The van der Waals surface area contributed by atoms with Crippen LogP contribution in [-0.4, -0.2) is 60.0 Å². The highest BCUT2D eigenvalue weighted by Gasteiger charge is 2.47. The monoisotopic (exact) mass is 240 g/mol. The number of carbonyl (C=O) groups excluding carboxylic acids is 1. The fraction of sp³-hybridized carbons (Fsp3) is 0.833. The van der Waals surface area contributed by atoms with Crippen molar-refractivity contribution in [3.05, 3.63) is 0 Å². The largest absolute Gasteiger partial charge is 0.481 e. The number of rotatable bonds is 3. The summed E-state index contributed by atoms with van der Waals surface area (Å²) in [6.07, 6.45) is 3.07. The van der Waals surface area contributed by atoms with E-state index < -0.39 is 5.97 Å². The molecule has 2 heterocycles. The van der Waals surface area contributed by atoms with Crippen LogP contribution in [-0.2, 0) is 9.59 Å². The van der Waals surface area contributed by atoms with E-state index in [9.17, 15) is 9.59 Å². The molecular formula is C12H20N2O3. The van der Waals surface area contributed by atoms with Gasteiger partial charge in [0.05, 0.1) is 11.8 Å². The number of nitrogens with zero attached hydrogens (tertiary/aromatic N) is 2. The summed E-state index contributed by atoms with van der Waals surface area (Å²) in [5.74, 6) is -0.514. The SMILES string of the molecule is CN1CCC[C@]2(CCN(CCC(=O)O)C2)C1=O. The molecule has 1 amide bonds. The van der Waals surface area contributed by atoms with Crippen LogP contribution in [0.1, 0.15) is 25.7 Å². The van der Waals surface area contributed by atoms with Crippen LogP contribution in [0.15, 0.2) is 0 Å². The Morgan fingerprint density at radius 2 is 2.18 bits per heavy atom. The van der Waals surface area contributed by atoms with Gasteiger partial charge in [0, 0.05) is 26.7 Å². The zero-order valence-electron chi connectivity index (χ0n) is 10.3. The fourth-order valence-electron chi connectivity index (χ4n) is 3.05. The van der Waals surface area contributed by atoms with Crippen LogP contribution in [0.4, 0.5) is 0 Å². The third-order valence-corrected chi connectivity index (χ3v) is 4.02. The molecule has 0 aromatic rings. The number of aliphatic carboxylic acids is 1. The van der Waals surface area contributed by atoms with E-state index in [2.05, 4.69) is 4.90 Å². The topological polar surface area (TPSA) is 60.9 Å². The van der Waals surface area contributed by atoms with Crippen molar-refractivity contribution in [1.29, 1.82) is 0 Å². The number of piperidine rings is 1. The molecule has 2 rings (SSSR count). The van der Waals surface area contributed by atoms with E-state index >= 15 is 0 Å². The quantitative estimate of drug-likeness (QED) is 0.776. The van der Waals surface area contributed by atoms with Gasteiger partial charge in [-0.05, 0) is 25.8 Å². The normalized spacial score (nSPS) is 30.2. The van der Waals surface area contributed by atoms with Gasteiger partial charge in [-0.2, -0.15) is 0 Å². The van der Waals surface area contributed by atoms with Crippen molar-refractivity contribution in [2.75, 3.05) is 33.2 Å². The van der Waals surface area contributed by atoms with Crippen LogP contribution in [0, 0.1) is 5.41 Å². The van der Waals surface area contributed by atoms with Crippen LogP contribution in [0.5, 0.6) is 0 Å². The zero-order valence-corrected chi connectivity index (χ0v) is 10.3. The van der Waals surface area contributed by atoms with Crippen molar-refractivity contribution < 1.29 is 14.7 Å². The fourth-order valence-corrected chi connectivity index (χ4v) is 3.05. The first-order valence-electron chi connectivity index (χ1n) is 6.23. The molecule has 2 saturated heterocycles. The number of carboxylic acid groups (broad SMARTS) is 1. The number of hydrogen-bond acceptors (Lipinski definition) is 3. The summed E-state index contributed by atoms with van der Waals surface area (Å²) in [6.45, 7) is 3.01. The van der Waals surface area contributed by atoms with Crippen molar-refractivity contribution in [2.45, 2.75) is 25.7 Å². The summed E-state index contributed by atoms with van der Waals surface area (Å²) in [5, 5.41) is 8.67. The maximum atomic E-state index is 12.2. The molecule has 2 aliphatic heterocycles. The third-order valence-electron chi connectivity index (χ3n) is 4.02. The third kappa shape index (κ3) is 2.44. The van der Waals surface area contributed by atoms with Crippen molar-refractivity contribution in [3.63, 3.8) is 0 Å². The standard InChI is InChI=1S/C12H20N2O3/c1-13-6-2-4-12(11(13)17)5-8-14(9-12)7-3-10(15)16/h2-9H2,1H3,(H,15,16)/t12-/m1/s1. The zero-order chi connectivity index (χ0) is 12.5. The Hall–Kier alpha value is -1.10. The molecule has 1 atom stereocenters. The first-order valence-corrected chi connectivity index (χ1v) is 6.23. The predicted molar refractivity (Wildman–Crippen MR) is 62.6 cm³/mol. The molecule has 96 valence electrons. The lowest BCUT2D eigenvalue weighted by Crippen LogP contribution is -2.48. The van der Waals surface area contributed by atoms with Gasteiger partial charge in [0.1, 0.15) is 0 Å². The van der Waals surface area contributed by atoms with Gasteiger partial charge in [-0.1, -0.05) is 0 Å². The molecule has 0 bridgehead atoms. The Morgan fingerprint density at radius 1 is 1.41 bits per heavy atom. The minimum absolute atomic E-state index is 0.167. The van der Waals surface area contributed by atoms with Crippen molar-refractivity contribution in [1.82, 2.24) is 9.80 Å². The molecule has 0 saturated carbocycles. The van der Waals surface area contributed by atoms with Gasteiger partial charge in [0.2, 0.25) is 5.91 Å². The van der Waals surface area contributed by atoms with E-state index in [4.69, 9.17) is 5.11 Å². The smallest absolute Gasteiger partial charge is 0.304 e. The van der Waals surface area contributed by atoms with Crippen LogP contribution in [0.3, 0.4) is 0 Å². The van der Waals surface area contributed by atoms with E-state index in [1.54, 1.807) is 0 Å². The predicted octanol–water partition coefficient (Wildman–Crippen LogP) is 0.405. The minimum atomic E-state index is -0.766. The average molecular weight is 240 g/mol. The number of amides is 1. The Morgan fingerprint density at radius 3 is 2.88 bits per heavy atom. The minimum Gasteiger partial charge on any atom is -0.481 e. The molecule has 0 aliphatic carbocycles. The Balaban J connectivity index is 1.95. The van der Waals surface area contributed by atoms with Gasteiger partial charge in [-0.3, -0.25) is 9.59 Å². The summed E-state index contributed by atoms with van der Waals surface area (Å²) < 4.78 is 0. The molecule has 0 aromatic heterocycles. The summed E-state index contributed by atoms with van der Waals surface area (Å²) >= 11 is 0. The molecule has 1 spiro atoms. The van der Waals surface area contributed by atoms with Crippen LogP contribution in [0.2, 0.25) is 0 Å². The van der Waals surface area contributed by atoms with E-state index in [-0.39, 0.29) is 17.7 Å². The molecule has 5 nitrogen and oxygen atoms in total. The van der Waals surface area contributed by atoms with Crippen LogP contribution in [0.25, 0.3) is 0 Å². The lowest BCUT2D eigenvalue weighted by molar-refractivity contribution is -0.143. The van der Waals surface area contributed by atoms with Crippen molar-refractivity contribution >= 4 is 11.9 Å². The molecule has 0 unspecified atom stereocenters. The molecule has 17 heavy (non-hydrogen) atoms. The van der Waals surface area contributed by atoms with Gasteiger partial charge in [-0.15, -0.1) is 0 Å². The maximum absolute atomic E-state index is 12.2. The van der Waals surface area contributed by atoms with E-state index in [1.807, 2.05) is 11.9 Å². The molecule has 2 fully saturated rings. The van der Waals surface area contributed by atoms with Crippen molar-refractivity contribution in [3.8, 4) is 0 Å². The van der Waals surface area contributed by atoms with Gasteiger partial charge < -0.3 is 14.9 Å². The average Bonchev–Trinajstić information content (AvgIpc) is 2.68. The van der Waals surface area contributed by atoms with E-state index in [0.717, 1.165) is 38.9 Å². The summed E-state index contributed by atoms with van der Waals surface area (Å²) in [7, 11) is 1.86. The summed E-state index contributed by atoms with van der Waals surface area (Å²) in [4.78, 5) is 26.7. The summed E-state index contributed by atoms with van der Waals surface area (Å²) in [6, 6.07) is 0. The van der Waals surface area contributed by atoms with Gasteiger partial charge in [-0.25, -0.2) is 0 Å². The number of hydrogen-bond donors (Lipinski definition) is 1. The number of likely N-dealkylation sites (tertiary alicyclic amines) is 2. The number of carboxylic acids is 1. The van der Waals surface area contributed by atoms with E-state index in [1.165, 1.54) is 0 Å². The maximum Gasteiger partial charge on any atom is 0.304 e. The second-order valence-corrected chi connectivity index (χ2v) is 5.28. The molecule has 0 aromatic carbocycles. The Labute approximate surface area is 101 Å². The number of carbonyl (C=O) groups is 2.